The molecular weight excluding hydrogens is 398 g/mol. The van der Waals surface area contributed by atoms with Crippen molar-refractivity contribution in [2.24, 2.45) is 7.05 Å². The van der Waals surface area contributed by atoms with Crippen molar-refractivity contribution in [3.8, 4) is 22.3 Å². The lowest BCUT2D eigenvalue weighted by atomic mass is 10.0. The summed E-state index contributed by atoms with van der Waals surface area (Å²) in [5.74, 6) is 0.346. The van der Waals surface area contributed by atoms with Crippen LogP contribution in [0, 0.1) is 18.8 Å². The van der Waals surface area contributed by atoms with Gasteiger partial charge in [0, 0.05) is 59.0 Å². The lowest BCUT2D eigenvalue weighted by Gasteiger charge is -2.06. The minimum Gasteiger partial charge on any atom is -0.275 e. The molecule has 0 aliphatic carbocycles. The molecular formula is C23H21ClN5O+. The van der Waals surface area contributed by atoms with Crippen LogP contribution in [0.3, 0.4) is 0 Å². The number of benzene rings is 1. The Hall–Kier alpha value is -3.38. The zero-order chi connectivity index (χ0) is 21.3. The van der Waals surface area contributed by atoms with Crippen molar-refractivity contribution in [3.05, 3.63) is 87.9 Å². The number of hydrogen-bond donors (Lipinski definition) is 0. The second-order valence-corrected chi connectivity index (χ2v) is 7.69. The van der Waals surface area contributed by atoms with E-state index in [4.69, 9.17) is 11.6 Å². The van der Waals surface area contributed by atoms with Gasteiger partial charge in [0.25, 0.3) is 0 Å². The van der Waals surface area contributed by atoms with E-state index in [1.807, 2.05) is 57.6 Å². The molecule has 3 heterocycles. The van der Waals surface area contributed by atoms with Crippen LogP contribution < -0.4 is 0 Å². The predicted octanol–water partition coefficient (Wildman–Crippen LogP) is 5.42. The Balaban J connectivity index is 1.59. The van der Waals surface area contributed by atoms with E-state index in [1.165, 1.54) is 0 Å². The molecule has 3 aromatic heterocycles. The number of rotatable bonds is 5. The summed E-state index contributed by atoms with van der Waals surface area (Å²) in [6, 6.07) is 9.41. The summed E-state index contributed by atoms with van der Waals surface area (Å²) < 4.78 is 2.63. The monoisotopic (exact) mass is 418 g/mol. The molecule has 1 aromatic carbocycles. The molecule has 0 atom stereocenters. The standard InChI is InChI=1S/C23H21ClN5O/c1-15-9-25-10-19(16(15)2)14-29(30)23-7-5-18(11-26-23)21-8-17(4-6-22(21)24)20-12-27-28(3)13-20/h4-13H,14H2,1-3H3/q+1. The van der Waals surface area contributed by atoms with Gasteiger partial charge < -0.3 is 0 Å². The van der Waals surface area contributed by atoms with Crippen molar-refractivity contribution in [2.75, 3.05) is 0 Å². The number of halogens is 1. The molecule has 0 aliphatic rings. The van der Waals surface area contributed by atoms with Gasteiger partial charge in [-0.15, -0.1) is 0 Å². The molecule has 6 nitrogen and oxygen atoms in total. The largest absolute Gasteiger partial charge is 0.361 e. The van der Waals surface area contributed by atoms with E-state index in [0.717, 1.165) is 43.7 Å². The van der Waals surface area contributed by atoms with Crippen molar-refractivity contribution in [2.45, 2.75) is 20.4 Å². The van der Waals surface area contributed by atoms with Crippen LogP contribution in [-0.4, -0.2) is 24.5 Å². The van der Waals surface area contributed by atoms with Crippen LogP contribution in [-0.2, 0) is 13.6 Å². The number of aromatic nitrogens is 4. The van der Waals surface area contributed by atoms with Crippen LogP contribution >= 0.6 is 11.6 Å². The van der Waals surface area contributed by atoms with Gasteiger partial charge in [-0.3, -0.25) is 9.67 Å². The first-order valence-corrected chi connectivity index (χ1v) is 9.90. The molecule has 0 amide bonds. The highest BCUT2D eigenvalue weighted by atomic mass is 35.5. The van der Waals surface area contributed by atoms with Crippen LogP contribution in [0.15, 0.2) is 61.3 Å². The molecule has 0 unspecified atom stereocenters. The molecule has 0 bridgehead atoms. The average molecular weight is 419 g/mol. The van der Waals surface area contributed by atoms with E-state index in [0.29, 0.717) is 10.8 Å². The van der Waals surface area contributed by atoms with Crippen LogP contribution in [0.2, 0.25) is 5.02 Å². The highest BCUT2D eigenvalue weighted by Gasteiger charge is 2.17. The summed E-state index contributed by atoms with van der Waals surface area (Å²) in [7, 11) is 1.88. The number of nitroso groups, excluding NO2 is 1. The first kappa shape index (κ1) is 19.9. The lowest BCUT2D eigenvalue weighted by Crippen LogP contribution is -2.05. The molecule has 150 valence electrons. The Morgan fingerprint density at radius 1 is 1.00 bits per heavy atom. The van der Waals surface area contributed by atoms with Crippen LogP contribution in [0.5, 0.6) is 0 Å². The molecule has 4 rings (SSSR count). The van der Waals surface area contributed by atoms with Gasteiger partial charge in [0.1, 0.15) is 6.20 Å². The van der Waals surface area contributed by atoms with E-state index in [1.54, 1.807) is 29.3 Å². The topological polar surface area (TPSA) is 63.7 Å². The van der Waals surface area contributed by atoms with E-state index < -0.39 is 0 Å². The van der Waals surface area contributed by atoms with Gasteiger partial charge in [-0.25, -0.2) is 0 Å². The van der Waals surface area contributed by atoms with E-state index in [-0.39, 0.29) is 6.54 Å². The fraction of sp³-hybridized carbons (Fsp3) is 0.174. The summed E-state index contributed by atoms with van der Waals surface area (Å²) >= 11 is 6.44. The molecule has 7 heteroatoms. The van der Waals surface area contributed by atoms with Gasteiger partial charge in [0.15, 0.2) is 6.54 Å². The van der Waals surface area contributed by atoms with Gasteiger partial charge in [0.2, 0.25) is 0 Å². The highest BCUT2D eigenvalue weighted by Crippen LogP contribution is 2.32. The average Bonchev–Trinajstić information content (AvgIpc) is 3.18. The van der Waals surface area contributed by atoms with Gasteiger partial charge in [0.05, 0.1) is 6.20 Å². The second kappa shape index (κ2) is 8.16. The summed E-state index contributed by atoms with van der Waals surface area (Å²) in [5, 5.41) is 4.84. The quantitative estimate of drug-likeness (QED) is 0.405. The van der Waals surface area contributed by atoms with Crippen molar-refractivity contribution in [1.29, 1.82) is 0 Å². The van der Waals surface area contributed by atoms with Crippen LogP contribution in [0.4, 0.5) is 5.82 Å². The van der Waals surface area contributed by atoms with Crippen molar-refractivity contribution in [1.82, 2.24) is 19.7 Å². The number of pyridine rings is 2. The van der Waals surface area contributed by atoms with Crippen LogP contribution in [0.25, 0.3) is 22.3 Å². The Labute approximate surface area is 179 Å². The van der Waals surface area contributed by atoms with Crippen molar-refractivity contribution in [3.63, 3.8) is 0 Å². The Morgan fingerprint density at radius 2 is 1.80 bits per heavy atom. The highest BCUT2D eigenvalue weighted by molar-refractivity contribution is 6.33. The summed E-state index contributed by atoms with van der Waals surface area (Å²) in [6.45, 7) is 4.18. The lowest BCUT2D eigenvalue weighted by molar-refractivity contribution is -0.484. The van der Waals surface area contributed by atoms with Gasteiger partial charge >= 0.3 is 5.82 Å². The third-order valence-corrected chi connectivity index (χ3v) is 5.53. The molecule has 0 aliphatic heterocycles. The minimum atomic E-state index is 0.199. The maximum Gasteiger partial charge on any atom is 0.361 e. The van der Waals surface area contributed by atoms with Crippen LogP contribution in [0.1, 0.15) is 16.7 Å². The third-order valence-electron chi connectivity index (χ3n) is 5.20. The SMILES string of the molecule is Cc1cncc(C[N+](=O)c2ccc(-c3cc(-c4cnn(C)c4)ccc3Cl)cn2)c1C. The fourth-order valence-electron chi connectivity index (χ4n) is 3.27. The van der Waals surface area contributed by atoms with E-state index in [2.05, 4.69) is 15.1 Å². The van der Waals surface area contributed by atoms with Gasteiger partial charge in [-0.05, 0) is 58.5 Å². The molecule has 0 saturated heterocycles. The Bertz CT molecular complexity index is 1230. The second-order valence-electron chi connectivity index (χ2n) is 7.28. The summed E-state index contributed by atoms with van der Waals surface area (Å²) in [6.07, 6.45) is 8.96. The zero-order valence-corrected chi connectivity index (χ0v) is 17.8. The van der Waals surface area contributed by atoms with Crippen molar-refractivity contribution >= 4 is 17.4 Å². The zero-order valence-electron chi connectivity index (χ0n) is 17.0. The molecule has 0 radical (unpaired) electrons. The number of hydrogen-bond acceptors (Lipinski definition) is 4. The maximum atomic E-state index is 12.6. The fourth-order valence-corrected chi connectivity index (χ4v) is 3.50. The molecule has 0 spiro atoms. The Morgan fingerprint density at radius 3 is 2.50 bits per heavy atom. The third kappa shape index (κ3) is 4.00. The number of aryl methyl sites for hydroxylation is 2. The van der Waals surface area contributed by atoms with E-state index >= 15 is 0 Å². The molecule has 0 saturated carbocycles. The first-order chi connectivity index (χ1) is 14.4. The number of nitrogens with zero attached hydrogens (tertiary/aromatic N) is 5. The summed E-state index contributed by atoms with van der Waals surface area (Å²) in [4.78, 5) is 21.2. The van der Waals surface area contributed by atoms with Gasteiger partial charge in [-0.2, -0.15) is 5.10 Å². The summed E-state index contributed by atoms with van der Waals surface area (Å²) in [5.41, 5.74) is 6.74. The molecule has 0 N–H and O–H groups in total. The minimum absolute atomic E-state index is 0.199. The molecule has 0 fully saturated rings. The maximum absolute atomic E-state index is 12.6. The molecule has 4 aromatic rings. The smallest absolute Gasteiger partial charge is 0.275 e. The Kier molecular flexibility index (Phi) is 5.42. The van der Waals surface area contributed by atoms with Crippen molar-refractivity contribution < 1.29 is 4.76 Å². The van der Waals surface area contributed by atoms with Gasteiger partial charge in [-0.1, -0.05) is 22.6 Å². The normalized spacial score (nSPS) is 10.9. The predicted molar refractivity (Wildman–Crippen MR) is 118 cm³/mol. The first-order valence-electron chi connectivity index (χ1n) is 9.52. The molecule has 30 heavy (non-hydrogen) atoms. The van der Waals surface area contributed by atoms with E-state index in [9.17, 15) is 4.91 Å².